The van der Waals surface area contributed by atoms with Gasteiger partial charge in [-0.2, -0.15) is 0 Å². The molecule has 0 aliphatic rings. The van der Waals surface area contributed by atoms with Crippen molar-refractivity contribution in [2.75, 3.05) is 0 Å². The molecule has 0 atom stereocenters. The molecule has 162 valence electrons. The van der Waals surface area contributed by atoms with Crippen molar-refractivity contribution in [1.29, 1.82) is 0 Å². The molecule has 0 N–H and O–H groups in total. The van der Waals surface area contributed by atoms with E-state index in [1.165, 1.54) is 134 Å². The molecule has 0 bridgehead atoms. The SMILES string of the molecule is CCCCCCCCCCCCc1ccc[n+](CCCCCCCCCC)c1. The summed E-state index contributed by atoms with van der Waals surface area (Å²) in [6, 6.07) is 4.56. The highest BCUT2D eigenvalue weighted by molar-refractivity contribution is 5.05. The van der Waals surface area contributed by atoms with E-state index in [0.29, 0.717) is 0 Å². The molecular formula is C27H50N+. The van der Waals surface area contributed by atoms with Gasteiger partial charge < -0.3 is 0 Å². The van der Waals surface area contributed by atoms with E-state index in [-0.39, 0.29) is 0 Å². The zero-order valence-electron chi connectivity index (χ0n) is 19.4. The number of hydrogen-bond acceptors (Lipinski definition) is 0. The van der Waals surface area contributed by atoms with Crippen LogP contribution in [0, 0.1) is 0 Å². The van der Waals surface area contributed by atoms with Crippen LogP contribution in [0.4, 0.5) is 0 Å². The van der Waals surface area contributed by atoms with E-state index in [1.807, 2.05) is 0 Å². The molecule has 28 heavy (non-hydrogen) atoms. The van der Waals surface area contributed by atoms with Crippen LogP contribution in [0.15, 0.2) is 24.5 Å². The highest BCUT2D eigenvalue weighted by atomic mass is 14.9. The van der Waals surface area contributed by atoms with Gasteiger partial charge in [0.25, 0.3) is 0 Å². The number of rotatable bonds is 20. The molecule has 0 spiro atoms. The first-order chi connectivity index (χ1) is 13.9. The predicted molar refractivity (Wildman–Crippen MR) is 125 cm³/mol. The minimum atomic E-state index is 1.20. The van der Waals surface area contributed by atoms with Crippen molar-refractivity contribution in [3.8, 4) is 0 Å². The summed E-state index contributed by atoms with van der Waals surface area (Å²) in [5, 5.41) is 0. The van der Waals surface area contributed by atoms with Gasteiger partial charge in [0.15, 0.2) is 12.4 Å². The lowest BCUT2D eigenvalue weighted by Crippen LogP contribution is -2.33. The molecule has 1 aromatic heterocycles. The fourth-order valence-corrected chi connectivity index (χ4v) is 4.11. The average molecular weight is 389 g/mol. The van der Waals surface area contributed by atoms with Gasteiger partial charge in [0, 0.05) is 18.1 Å². The fraction of sp³-hybridized carbons (Fsp3) is 0.815. The zero-order chi connectivity index (χ0) is 20.1. The molecule has 0 saturated heterocycles. The van der Waals surface area contributed by atoms with Crippen molar-refractivity contribution in [2.45, 2.75) is 142 Å². The second-order valence-electron chi connectivity index (χ2n) is 8.86. The van der Waals surface area contributed by atoms with Crippen LogP contribution in [0.2, 0.25) is 0 Å². The number of nitrogens with zero attached hydrogens (tertiary/aromatic N) is 1. The van der Waals surface area contributed by atoms with E-state index >= 15 is 0 Å². The number of aryl methyl sites for hydroxylation is 2. The fourth-order valence-electron chi connectivity index (χ4n) is 4.11. The molecule has 0 aliphatic heterocycles. The number of unbranched alkanes of at least 4 members (excludes halogenated alkanes) is 16. The van der Waals surface area contributed by atoms with Gasteiger partial charge in [-0.05, 0) is 25.3 Å². The first-order valence-electron chi connectivity index (χ1n) is 12.8. The third kappa shape index (κ3) is 15.1. The van der Waals surface area contributed by atoms with Crippen LogP contribution in [0.25, 0.3) is 0 Å². The van der Waals surface area contributed by atoms with Gasteiger partial charge in [-0.25, -0.2) is 4.57 Å². The van der Waals surface area contributed by atoms with Gasteiger partial charge in [-0.3, -0.25) is 0 Å². The van der Waals surface area contributed by atoms with E-state index in [9.17, 15) is 0 Å². The van der Waals surface area contributed by atoms with Crippen molar-refractivity contribution in [3.05, 3.63) is 30.1 Å². The first-order valence-corrected chi connectivity index (χ1v) is 12.8. The Labute approximate surface area is 177 Å². The summed E-state index contributed by atoms with van der Waals surface area (Å²) in [7, 11) is 0. The summed E-state index contributed by atoms with van der Waals surface area (Å²) < 4.78 is 2.42. The van der Waals surface area contributed by atoms with Crippen LogP contribution in [-0.2, 0) is 13.0 Å². The van der Waals surface area contributed by atoms with Crippen LogP contribution in [0.3, 0.4) is 0 Å². The maximum absolute atomic E-state index is 2.42. The Kier molecular flexibility index (Phi) is 17.5. The quantitative estimate of drug-likeness (QED) is 0.155. The molecule has 1 nitrogen and oxygen atoms in total. The number of aromatic nitrogens is 1. The molecule has 1 aromatic rings. The molecule has 0 amide bonds. The van der Waals surface area contributed by atoms with Gasteiger partial charge in [-0.15, -0.1) is 0 Å². The lowest BCUT2D eigenvalue weighted by Gasteiger charge is -2.04. The lowest BCUT2D eigenvalue weighted by molar-refractivity contribution is -0.697. The number of pyridine rings is 1. The normalized spacial score (nSPS) is 11.2. The summed E-state index contributed by atoms with van der Waals surface area (Å²) in [4.78, 5) is 0. The molecule has 1 heteroatoms. The Hall–Kier alpha value is -0.850. The Morgan fingerprint density at radius 3 is 1.57 bits per heavy atom. The van der Waals surface area contributed by atoms with Crippen molar-refractivity contribution in [3.63, 3.8) is 0 Å². The summed E-state index contributed by atoms with van der Waals surface area (Å²) in [5.41, 5.74) is 1.53. The van der Waals surface area contributed by atoms with Crippen molar-refractivity contribution in [2.24, 2.45) is 0 Å². The van der Waals surface area contributed by atoms with Gasteiger partial charge in [-0.1, -0.05) is 110 Å². The topological polar surface area (TPSA) is 3.88 Å². The smallest absolute Gasteiger partial charge is 0.171 e. The minimum absolute atomic E-state index is 1.20. The summed E-state index contributed by atoms with van der Waals surface area (Å²) >= 11 is 0. The molecule has 0 aromatic carbocycles. The van der Waals surface area contributed by atoms with Gasteiger partial charge >= 0.3 is 0 Å². The summed E-state index contributed by atoms with van der Waals surface area (Å²) in [5.74, 6) is 0. The van der Waals surface area contributed by atoms with E-state index < -0.39 is 0 Å². The lowest BCUT2D eigenvalue weighted by atomic mass is 10.0. The van der Waals surface area contributed by atoms with Crippen molar-refractivity contribution < 1.29 is 4.57 Å². The summed E-state index contributed by atoms with van der Waals surface area (Å²) in [6.45, 7) is 5.79. The van der Waals surface area contributed by atoms with Crippen LogP contribution in [0.5, 0.6) is 0 Å². The van der Waals surface area contributed by atoms with Crippen LogP contribution < -0.4 is 4.57 Å². The maximum atomic E-state index is 2.42. The third-order valence-electron chi connectivity index (χ3n) is 6.01. The first kappa shape index (κ1) is 25.2. The van der Waals surface area contributed by atoms with E-state index in [1.54, 1.807) is 0 Å². The molecule has 0 unspecified atom stereocenters. The van der Waals surface area contributed by atoms with Crippen molar-refractivity contribution in [1.82, 2.24) is 0 Å². The maximum Gasteiger partial charge on any atom is 0.171 e. The van der Waals surface area contributed by atoms with Crippen LogP contribution in [-0.4, -0.2) is 0 Å². The molecular weight excluding hydrogens is 338 g/mol. The van der Waals surface area contributed by atoms with E-state index in [2.05, 4.69) is 42.9 Å². The van der Waals surface area contributed by atoms with E-state index in [4.69, 9.17) is 0 Å². The Morgan fingerprint density at radius 2 is 1.04 bits per heavy atom. The predicted octanol–water partition coefficient (Wildman–Crippen LogP) is 8.58. The van der Waals surface area contributed by atoms with Gasteiger partial charge in [0.05, 0.1) is 0 Å². The number of hydrogen-bond donors (Lipinski definition) is 0. The molecule has 0 radical (unpaired) electrons. The molecule has 0 saturated carbocycles. The van der Waals surface area contributed by atoms with E-state index in [0.717, 1.165) is 0 Å². The molecule has 1 heterocycles. The zero-order valence-corrected chi connectivity index (χ0v) is 19.4. The van der Waals surface area contributed by atoms with Gasteiger partial charge in [0.2, 0.25) is 0 Å². The third-order valence-corrected chi connectivity index (χ3v) is 6.01. The molecule has 0 fully saturated rings. The largest absolute Gasteiger partial charge is 0.205 e. The second-order valence-corrected chi connectivity index (χ2v) is 8.86. The minimum Gasteiger partial charge on any atom is -0.205 e. The second kappa shape index (κ2) is 19.5. The Bertz CT molecular complexity index is 440. The molecule has 0 aliphatic carbocycles. The highest BCUT2D eigenvalue weighted by Crippen LogP contribution is 2.12. The Morgan fingerprint density at radius 1 is 0.571 bits per heavy atom. The molecule has 1 rings (SSSR count). The summed E-state index contributed by atoms with van der Waals surface area (Å²) in [6.07, 6.45) is 31.4. The average Bonchev–Trinajstić information content (AvgIpc) is 2.72. The monoisotopic (exact) mass is 388 g/mol. The van der Waals surface area contributed by atoms with Gasteiger partial charge in [0.1, 0.15) is 6.54 Å². The highest BCUT2D eigenvalue weighted by Gasteiger charge is 2.03. The van der Waals surface area contributed by atoms with Crippen LogP contribution >= 0.6 is 0 Å². The Balaban J connectivity index is 1.99. The van der Waals surface area contributed by atoms with Crippen molar-refractivity contribution >= 4 is 0 Å². The standard InChI is InChI=1S/C27H50N/c1-3-5-7-9-11-13-14-15-17-19-22-27-23-21-25-28(26-27)24-20-18-16-12-10-8-6-4-2/h21,23,25-26H,3-20,22,24H2,1-2H3/q+1. The van der Waals surface area contributed by atoms with Crippen LogP contribution in [0.1, 0.15) is 135 Å².